The second kappa shape index (κ2) is 6.22. The second-order valence-corrected chi connectivity index (χ2v) is 6.23. The van der Waals surface area contributed by atoms with Gasteiger partial charge in [0.25, 0.3) is 0 Å². The van der Waals surface area contributed by atoms with Crippen molar-refractivity contribution in [1.29, 1.82) is 0 Å². The predicted molar refractivity (Wildman–Crippen MR) is 82.2 cm³/mol. The van der Waals surface area contributed by atoms with E-state index in [-0.39, 0.29) is 13.0 Å². The van der Waals surface area contributed by atoms with Gasteiger partial charge in [-0.15, -0.1) is 0 Å². The lowest BCUT2D eigenvalue weighted by Crippen LogP contribution is -2.56. The van der Waals surface area contributed by atoms with E-state index in [4.69, 9.17) is 4.42 Å². The molecule has 24 heavy (non-hydrogen) atoms. The smallest absolute Gasteiger partial charge is 0.418 e. The molecule has 1 atom stereocenters. The van der Waals surface area contributed by atoms with Gasteiger partial charge in [-0.25, -0.2) is 4.98 Å². The van der Waals surface area contributed by atoms with Crippen molar-refractivity contribution < 1.29 is 22.7 Å². The van der Waals surface area contributed by atoms with Crippen molar-refractivity contribution in [2.24, 2.45) is 0 Å². The Balaban J connectivity index is 1.76. The summed E-state index contributed by atoms with van der Waals surface area (Å²) >= 11 is 0. The zero-order chi connectivity index (χ0) is 17.4. The van der Waals surface area contributed by atoms with Crippen molar-refractivity contribution in [2.45, 2.75) is 38.1 Å². The number of piperidine rings is 1. The summed E-state index contributed by atoms with van der Waals surface area (Å²) in [6, 6.07) is 9.33. The summed E-state index contributed by atoms with van der Waals surface area (Å²) in [6.07, 6.45) is -4.60. The number of aromatic nitrogens is 1. The quantitative estimate of drug-likeness (QED) is 0.928. The zero-order valence-corrected chi connectivity index (χ0v) is 13.3. The number of aliphatic hydroxyl groups is 1. The Kier molecular flexibility index (Phi) is 4.40. The topological polar surface area (TPSA) is 49.5 Å². The molecule has 0 bridgehead atoms. The third kappa shape index (κ3) is 3.32. The molecule has 1 aromatic carbocycles. The number of nitrogens with zero attached hydrogens (tertiary/aromatic N) is 2. The van der Waals surface area contributed by atoms with Crippen molar-refractivity contribution in [1.82, 2.24) is 9.88 Å². The molecule has 0 radical (unpaired) electrons. The molecular formula is C17H19F3N2O2. The lowest BCUT2D eigenvalue weighted by atomic mass is 9.92. The number of oxazole rings is 1. The molecule has 0 spiro atoms. The van der Waals surface area contributed by atoms with Gasteiger partial charge in [0.2, 0.25) is 5.89 Å². The monoisotopic (exact) mass is 340 g/mol. The molecule has 1 fully saturated rings. The number of β-amino-alcohol motifs (C(OH)–C–C–N with tert-alkyl or cyclic N) is 1. The molecule has 1 aromatic heterocycles. The Morgan fingerprint density at radius 2 is 2.00 bits per heavy atom. The number of benzene rings is 1. The molecule has 1 unspecified atom stereocenters. The van der Waals surface area contributed by atoms with E-state index in [1.807, 2.05) is 30.3 Å². The molecule has 7 heteroatoms. The Morgan fingerprint density at radius 1 is 1.29 bits per heavy atom. The van der Waals surface area contributed by atoms with Crippen LogP contribution >= 0.6 is 0 Å². The lowest BCUT2D eigenvalue weighted by molar-refractivity contribution is -0.274. The molecule has 4 nitrogen and oxygen atoms in total. The van der Waals surface area contributed by atoms with Gasteiger partial charge < -0.3 is 9.52 Å². The molecule has 0 aliphatic carbocycles. The molecule has 3 rings (SSSR count). The standard InChI is InChI=1S/C17H19F3N2O2/c1-12-14(21-15(24-12)13-6-3-2-4-7-13)10-22-9-5-8-16(23,11-22)17(18,19)20/h2-4,6-7,23H,5,8-11H2,1H3. The predicted octanol–water partition coefficient (Wildman–Crippen LogP) is 3.54. The normalized spacial score (nSPS) is 22.7. The first-order chi connectivity index (χ1) is 11.3. The summed E-state index contributed by atoms with van der Waals surface area (Å²) in [5, 5.41) is 9.90. The average Bonchev–Trinajstić information content (AvgIpc) is 2.88. The van der Waals surface area contributed by atoms with E-state index in [0.29, 0.717) is 30.3 Å². The van der Waals surface area contributed by atoms with E-state index >= 15 is 0 Å². The zero-order valence-electron chi connectivity index (χ0n) is 13.3. The number of hydrogen-bond acceptors (Lipinski definition) is 4. The van der Waals surface area contributed by atoms with Crippen molar-refractivity contribution in [3.63, 3.8) is 0 Å². The van der Waals surface area contributed by atoms with Crippen molar-refractivity contribution in [2.75, 3.05) is 13.1 Å². The van der Waals surface area contributed by atoms with E-state index < -0.39 is 18.3 Å². The molecule has 0 amide bonds. The summed E-state index contributed by atoms with van der Waals surface area (Å²) in [7, 11) is 0. The van der Waals surface area contributed by atoms with Crippen LogP contribution in [0.25, 0.3) is 11.5 Å². The number of halogens is 3. The Bertz CT molecular complexity index is 700. The van der Waals surface area contributed by atoms with E-state index in [9.17, 15) is 18.3 Å². The van der Waals surface area contributed by atoms with Crippen LogP contribution in [0.3, 0.4) is 0 Å². The van der Waals surface area contributed by atoms with Gasteiger partial charge in [-0.3, -0.25) is 4.90 Å². The van der Waals surface area contributed by atoms with Gasteiger partial charge in [0.1, 0.15) is 5.76 Å². The number of aryl methyl sites for hydroxylation is 1. The van der Waals surface area contributed by atoms with Crippen LogP contribution in [0.1, 0.15) is 24.3 Å². The van der Waals surface area contributed by atoms with Gasteiger partial charge in [0.05, 0.1) is 5.69 Å². The van der Waals surface area contributed by atoms with Crippen molar-refractivity contribution in [3.05, 3.63) is 41.8 Å². The molecule has 2 heterocycles. The third-order valence-corrected chi connectivity index (χ3v) is 4.36. The summed E-state index contributed by atoms with van der Waals surface area (Å²) in [4.78, 5) is 5.99. The first-order valence-electron chi connectivity index (χ1n) is 7.82. The van der Waals surface area contributed by atoms with Gasteiger partial charge in [-0.2, -0.15) is 13.2 Å². The molecule has 1 aliphatic heterocycles. The number of alkyl halides is 3. The van der Waals surface area contributed by atoms with Crippen LogP contribution in [0.4, 0.5) is 13.2 Å². The van der Waals surface area contributed by atoms with Gasteiger partial charge in [0.15, 0.2) is 5.60 Å². The average molecular weight is 340 g/mol. The second-order valence-electron chi connectivity index (χ2n) is 6.23. The van der Waals surface area contributed by atoms with Gasteiger partial charge >= 0.3 is 6.18 Å². The molecule has 0 saturated carbocycles. The molecule has 130 valence electrons. The largest absolute Gasteiger partial charge is 0.441 e. The summed E-state index contributed by atoms with van der Waals surface area (Å²) in [6.45, 7) is 2.02. The minimum Gasteiger partial charge on any atom is -0.441 e. The number of likely N-dealkylation sites (tertiary alicyclic amines) is 1. The van der Waals surface area contributed by atoms with Crippen LogP contribution in [0.5, 0.6) is 0 Å². The van der Waals surface area contributed by atoms with Crippen LogP contribution < -0.4 is 0 Å². The van der Waals surface area contributed by atoms with Crippen LogP contribution in [-0.2, 0) is 6.54 Å². The van der Waals surface area contributed by atoms with Crippen LogP contribution in [-0.4, -0.2) is 39.9 Å². The fraction of sp³-hybridized carbons (Fsp3) is 0.471. The van der Waals surface area contributed by atoms with E-state index in [1.54, 1.807) is 11.8 Å². The SMILES string of the molecule is Cc1oc(-c2ccccc2)nc1CN1CCCC(O)(C(F)(F)F)C1. The van der Waals surface area contributed by atoms with Gasteiger partial charge in [-0.1, -0.05) is 18.2 Å². The first kappa shape index (κ1) is 17.0. The summed E-state index contributed by atoms with van der Waals surface area (Å²) in [5.41, 5.74) is -1.23. The summed E-state index contributed by atoms with van der Waals surface area (Å²) < 4.78 is 44.7. The maximum Gasteiger partial charge on any atom is 0.418 e. The highest BCUT2D eigenvalue weighted by atomic mass is 19.4. The Morgan fingerprint density at radius 3 is 2.67 bits per heavy atom. The maximum atomic E-state index is 13.0. The van der Waals surface area contributed by atoms with Gasteiger partial charge in [-0.05, 0) is 38.4 Å². The van der Waals surface area contributed by atoms with Crippen LogP contribution in [0.2, 0.25) is 0 Å². The minimum atomic E-state index is -4.63. The highest BCUT2D eigenvalue weighted by molar-refractivity contribution is 5.53. The Labute approximate surface area is 137 Å². The maximum absolute atomic E-state index is 13.0. The van der Waals surface area contributed by atoms with E-state index in [2.05, 4.69) is 4.98 Å². The molecule has 1 saturated heterocycles. The summed E-state index contributed by atoms with van der Waals surface area (Å²) in [5.74, 6) is 1.03. The van der Waals surface area contributed by atoms with Crippen molar-refractivity contribution >= 4 is 0 Å². The lowest BCUT2D eigenvalue weighted by Gasteiger charge is -2.39. The molecule has 2 aromatic rings. The number of hydrogen-bond donors (Lipinski definition) is 1. The van der Waals surface area contributed by atoms with Crippen molar-refractivity contribution in [3.8, 4) is 11.5 Å². The van der Waals surface area contributed by atoms with E-state index in [1.165, 1.54) is 0 Å². The number of rotatable bonds is 3. The fourth-order valence-corrected chi connectivity index (χ4v) is 2.98. The minimum absolute atomic E-state index is 0.223. The highest BCUT2D eigenvalue weighted by Gasteiger charge is 2.55. The van der Waals surface area contributed by atoms with Crippen LogP contribution in [0, 0.1) is 6.92 Å². The molecule has 1 N–H and O–H groups in total. The first-order valence-corrected chi connectivity index (χ1v) is 7.82. The fourth-order valence-electron chi connectivity index (χ4n) is 2.98. The van der Waals surface area contributed by atoms with Crippen LogP contribution in [0.15, 0.2) is 34.7 Å². The van der Waals surface area contributed by atoms with Gasteiger partial charge in [0, 0.05) is 18.7 Å². The highest BCUT2D eigenvalue weighted by Crippen LogP contribution is 2.37. The Hall–Kier alpha value is -1.86. The molecule has 1 aliphatic rings. The third-order valence-electron chi connectivity index (χ3n) is 4.36. The molecular weight excluding hydrogens is 321 g/mol. The van der Waals surface area contributed by atoms with E-state index in [0.717, 1.165) is 5.56 Å².